The maximum atomic E-state index is 12.3. The van der Waals surface area contributed by atoms with Crippen molar-refractivity contribution in [1.82, 2.24) is 9.97 Å². The molecule has 0 aliphatic heterocycles. The molecular formula is C12H11F3N2O. The molecule has 1 heterocycles. The number of alkyl halides is 3. The molecule has 3 nitrogen and oxygen atoms in total. The van der Waals surface area contributed by atoms with Gasteiger partial charge in [-0.1, -0.05) is 12.1 Å². The Kier molecular flexibility index (Phi) is 3.38. The lowest BCUT2D eigenvalue weighted by atomic mass is 10.0. The molecule has 0 saturated heterocycles. The van der Waals surface area contributed by atoms with E-state index < -0.39 is 17.8 Å². The van der Waals surface area contributed by atoms with Gasteiger partial charge in [-0.05, 0) is 17.7 Å². The topological polar surface area (TPSA) is 48.9 Å². The smallest absolute Gasteiger partial charge is 0.388 e. The molecule has 6 heteroatoms. The summed E-state index contributed by atoms with van der Waals surface area (Å²) >= 11 is 0. The van der Waals surface area contributed by atoms with Gasteiger partial charge in [0, 0.05) is 18.8 Å². The first kappa shape index (κ1) is 12.6. The number of aromatic nitrogens is 2. The first-order chi connectivity index (χ1) is 8.47. The molecule has 2 N–H and O–H groups in total. The van der Waals surface area contributed by atoms with E-state index in [2.05, 4.69) is 9.97 Å². The van der Waals surface area contributed by atoms with E-state index in [1.54, 1.807) is 12.4 Å². The van der Waals surface area contributed by atoms with Gasteiger partial charge in [0.2, 0.25) is 0 Å². The number of nitrogens with one attached hydrogen (secondary N) is 1. The second-order valence-corrected chi connectivity index (χ2v) is 3.88. The summed E-state index contributed by atoms with van der Waals surface area (Å²) in [6.45, 7) is 0. The number of hydrogen-bond acceptors (Lipinski definition) is 2. The molecule has 0 aliphatic carbocycles. The van der Waals surface area contributed by atoms with Crippen LogP contribution in [0.25, 0.3) is 0 Å². The Morgan fingerprint density at radius 1 is 1.22 bits per heavy atom. The van der Waals surface area contributed by atoms with Gasteiger partial charge in [0.25, 0.3) is 0 Å². The van der Waals surface area contributed by atoms with E-state index >= 15 is 0 Å². The van der Waals surface area contributed by atoms with Crippen molar-refractivity contribution < 1.29 is 18.3 Å². The summed E-state index contributed by atoms with van der Waals surface area (Å²) in [5, 5.41) is 9.84. The second kappa shape index (κ2) is 4.81. The predicted molar refractivity (Wildman–Crippen MR) is 58.7 cm³/mol. The third-order valence-electron chi connectivity index (χ3n) is 2.56. The van der Waals surface area contributed by atoms with Crippen LogP contribution >= 0.6 is 0 Å². The summed E-state index contributed by atoms with van der Waals surface area (Å²) in [7, 11) is 0. The highest BCUT2D eigenvalue weighted by molar-refractivity contribution is 5.26. The van der Waals surface area contributed by atoms with Crippen molar-refractivity contribution in [3.63, 3.8) is 0 Å². The molecule has 1 aromatic carbocycles. The van der Waals surface area contributed by atoms with Crippen LogP contribution in [0.15, 0.2) is 36.7 Å². The lowest BCUT2D eigenvalue weighted by molar-refractivity contribution is -0.137. The lowest BCUT2D eigenvalue weighted by Gasteiger charge is -2.11. The fourth-order valence-corrected chi connectivity index (χ4v) is 1.60. The minimum atomic E-state index is -4.36. The number of hydrogen-bond donors (Lipinski definition) is 2. The quantitative estimate of drug-likeness (QED) is 0.887. The Morgan fingerprint density at radius 2 is 1.89 bits per heavy atom. The number of benzene rings is 1. The number of halogens is 3. The summed E-state index contributed by atoms with van der Waals surface area (Å²) in [5.74, 6) is 0.586. The molecular weight excluding hydrogens is 245 g/mol. The van der Waals surface area contributed by atoms with Crippen molar-refractivity contribution in [3.8, 4) is 0 Å². The van der Waals surface area contributed by atoms with Gasteiger partial charge in [-0.25, -0.2) is 4.98 Å². The van der Waals surface area contributed by atoms with Gasteiger partial charge in [-0.3, -0.25) is 0 Å². The highest BCUT2D eigenvalue weighted by Gasteiger charge is 2.30. The highest BCUT2D eigenvalue weighted by atomic mass is 19.4. The van der Waals surface area contributed by atoms with Gasteiger partial charge in [0.15, 0.2) is 0 Å². The van der Waals surface area contributed by atoms with Crippen molar-refractivity contribution in [2.45, 2.75) is 18.7 Å². The standard InChI is InChI=1S/C12H11F3N2O/c13-12(14,15)9-3-1-8(2-4-9)10(18)7-11-16-5-6-17-11/h1-6,10,18H,7H2,(H,16,17). The van der Waals surface area contributed by atoms with Crippen LogP contribution in [-0.4, -0.2) is 15.1 Å². The summed E-state index contributed by atoms with van der Waals surface area (Å²) in [6, 6.07) is 4.47. The normalized spacial score (nSPS) is 13.6. The molecule has 96 valence electrons. The predicted octanol–water partition coefficient (Wildman–Crippen LogP) is 2.70. The molecule has 0 saturated carbocycles. The number of H-pyrrole nitrogens is 1. The minimum Gasteiger partial charge on any atom is -0.388 e. The molecule has 1 atom stereocenters. The molecule has 0 amide bonds. The monoisotopic (exact) mass is 256 g/mol. The van der Waals surface area contributed by atoms with E-state index in [4.69, 9.17) is 0 Å². The van der Waals surface area contributed by atoms with Gasteiger partial charge in [0.05, 0.1) is 11.7 Å². The number of aromatic amines is 1. The van der Waals surface area contributed by atoms with Gasteiger partial charge in [-0.2, -0.15) is 13.2 Å². The van der Waals surface area contributed by atoms with Crippen molar-refractivity contribution in [3.05, 3.63) is 53.6 Å². The number of rotatable bonds is 3. The Hall–Kier alpha value is -1.82. The van der Waals surface area contributed by atoms with Gasteiger partial charge in [-0.15, -0.1) is 0 Å². The Balaban J connectivity index is 2.10. The minimum absolute atomic E-state index is 0.234. The fourth-order valence-electron chi connectivity index (χ4n) is 1.60. The van der Waals surface area contributed by atoms with Crippen LogP contribution in [0.3, 0.4) is 0 Å². The zero-order chi connectivity index (χ0) is 13.2. The Morgan fingerprint density at radius 3 is 2.39 bits per heavy atom. The summed E-state index contributed by atoms with van der Waals surface area (Å²) in [5.41, 5.74) is -0.296. The van der Waals surface area contributed by atoms with Crippen LogP contribution < -0.4 is 0 Å². The maximum Gasteiger partial charge on any atom is 0.416 e. The van der Waals surface area contributed by atoms with Crippen molar-refractivity contribution in [1.29, 1.82) is 0 Å². The van der Waals surface area contributed by atoms with Crippen LogP contribution in [0.5, 0.6) is 0 Å². The summed E-state index contributed by atoms with van der Waals surface area (Å²) in [6.07, 6.45) is -1.83. The van der Waals surface area contributed by atoms with Crippen LogP contribution in [0.2, 0.25) is 0 Å². The number of imidazole rings is 1. The third-order valence-corrected chi connectivity index (χ3v) is 2.56. The molecule has 0 fully saturated rings. The molecule has 0 aliphatic rings. The summed E-state index contributed by atoms with van der Waals surface area (Å²) < 4.78 is 37.0. The largest absolute Gasteiger partial charge is 0.416 e. The van der Waals surface area contributed by atoms with Crippen molar-refractivity contribution in [2.75, 3.05) is 0 Å². The molecule has 0 spiro atoms. The average Bonchev–Trinajstić information content (AvgIpc) is 2.81. The third kappa shape index (κ3) is 2.89. The molecule has 2 aromatic rings. The SMILES string of the molecule is OC(Cc1ncc[nH]1)c1ccc(C(F)(F)F)cc1. The van der Waals surface area contributed by atoms with Crippen LogP contribution in [0, 0.1) is 0 Å². The number of aliphatic hydroxyl groups excluding tert-OH is 1. The Bertz CT molecular complexity index is 491. The van der Waals surface area contributed by atoms with E-state index in [9.17, 15) is 18.3 Å². The first-order valence-corrected chi connectivity index (χ1v) is 5.30. The van der Waals surface area contributed by atoms with Crippen LogP contribution in [0.1, 0.15) is 23.1 Å². The van der Waals surface area contributed by atoms with Gasteiger partial charge >= 0.3 is 6.18 Å². The maximum absolute atomic E-state index is 12.3. The molecule has 2 rings (SSSR count). The van der Waals surface area contributed by atoms with Crippen LogP contribution in [-0.2, 0) is 12.6 Å². The van der Waals surface area contributed by atoms with E-state index in [0.29, 0.717) is 11.4 Å². The van der Waals surface area contributed by atoms with Crippen molar-refractivity contribution >= 4 is 0 Å². The number of aliphatic hydroxyl groups is 1. The van der Waals surface area contributed by atoms with Gasteiger partial charge in [0.1, 0.15) is 5.82 Å². The average molecular weight is 256 g/mol. The fraction of sp³-hybridized carbons (Fsp3) is 0.250. The lowest BCUT2D eigenvalue weighted by Crippen LogP contribution is -2.07. The first-order valence-electron chi connectivity index (χ1n) is 5.30. The van der Waals surface area contributed by atoms with Crippen LogP contribution in [0.4, 0.5) is 13.2 Å². The van der Waals surface area contributed by atoms with Gasteiger partial charge < -0.3 is 10.1 Å². The molecule has 1 aromatic heterocycles. The van der Waals surface area contributed by atoms with E-state index in [-0.39, 0.29) is 6.42 Å². The molecule has 18 heavy (non-hydrogen) atoms. The van der Waals surface area contributed by atoms with Crippen molar-refractivity contribution in [2.24, 2.45) is 0 Å². The molecule has 0 bridgehead atoms. The van der Waals surface area contributed by atoms with E-state index in [1.807, 2.05) is 0 Å². The molecule has 0 radical (unpaired) electrons. The zero-order valence-electron chi connectivity index (χ0n) is 9.28. The van der Waals surface area contributed by atoms with E-state index in [0.717, 1.165) is 12.1 Å². The Labute approximate surface area is 101 Å². The highest BCUT2D eigenvalue weighted by Crippen LogP contribution is 2.30. The zero-order valence-corrected chi connectivity index (χ0v) is 9.28. The molecule has 1 unspecified atom stereocenters. The van der Waals surface area contributed by atoms with E-state index in [1.165, 1.54) is 12.1 Å². The second-order valence-electron chi connectivity index (χ2n) is 3.88. The number of nitrogens with zero attached hydrogens (tertiary/aromatic N) is 1. The summed E-state index contributed by atoms with van der Waals surface area (Å²) in [4.78, 5) is 6.77.